The summed E-state index contributed by atoms with van der Waals surface area (Å²) in [6, 6.07) is 0. The van der Waals surface area contributed by atoms with Gasteiger partial charge in [-0.15, -0.1) is 0 Å². The Hall–Kier alpha value is 0.354. The molecule has 0 aromatic rings. The van der Waals surface area contributed by atoms with Crippen molar-refractivity contribution in [3.63, 3.8) is 0 Å². The molecule has 2 rings (SSSR count). The molecule has 2 fully saturated rings. The molecule has 2 aliphatic rings. The zero-order chi connectivity index (χ0) is 10.7. The Kier molecular flexibility index (Phi) is 5.70. The maximum Gasteiger partial charge on any atom is 0.344 e. The van der Waals surface area contributed by atoms with Crippen molar-refractivity contribution in [2.45, 2.75) is 62.4 Å². The SMILES string of the molecule is CO[Si](OC)(C1CCCC1)C1CCCC1.[SiH4]. The third-order valence-corrected chi connectivity index (χ3v) is 9.19. The highest BCUT2D eigenvalue weighted by Crippen LogP contribution is 2.50. The van der Waals surface area contributed by atoms with E-state index < -0.39 is 8.56 Å². The van der Waals surface area contributed by atoms with Gasteiger partial charge in [0.05, 0.1) is 0 Å². The Morgan fingerprint density at radius 3 is 1.31 bits per heavy atom. The van der Waals surface area contributed by atoms with Gasteiger partial charge in [-0.2, -0.15) is 0 Å². The molecule has 0 radical (unpaired) electrons. The van der Waals surface area contributed by atoms with Gasteiger partial charge in [-0.3, -0.25) is 0 Å². The van der Waals surface area contributed by atoms with Gasteiger partial charge in [0, 0.05) is 25.3 Å². The van der Waals surface area contributed by atoms with Crippen LogP contribution in [0.3, 0.4) is 0 Å². The van der Waals surface area contributed by atoms with Gasteiger partial charge in [-0.1, -0.05) is 25.7 Å². The van der Waals surface area contributed by atoms with Crippen molar-refractivity contribution < 1.29 is 8.85 Å². The molecular formula is C12H28O2Si2. The highest BCUT2D eigenvalue weighted by atomic mass is 28.4. The van der Waals surface area contributed by atoms with Crippen molar-refractivity contribution in [2.24, 2.45) is 0 Å². The summed E-state index contributed by atoms with van der Waals surface area (Å²) in [6.45, 7) is 0. The monoisotopic (exact) mass is 260 g/mol. The van der Waals surface area contributed by atoms with Crippen molar-refractivity contribution >= 4 is 19.5 Å². The first-order chi connectivity index (χ1) is 7.33. The van der Waals surface area contributed by atoms with E-state index in [0.29, 0.717) is 0 Å². The summed E-state index contributed by atoms with van der Waals surface area (Å²) in [6.07, 6.45) is 11.0. The van der Waals surface area contributed by atoms with Crippen molar-refractivity contribution in [2.75, 3.05) is 14.2 Å². The van der Waals surface area contributed by atoms with Gasteiger partial charge in [-0.05, 0) is 36.6 Å². The van der Waals surface area contributed by atoms with Crippen LogP contribution in [0.15, 0.2) is 0 Å². The number of rotatable bonds is 4. The second-order valence-corrected chi connectivity index (χ2v) is 8.98. The van der Waals surface area contributed by atoms with Gasteiger partial charge in [0.15, 0.2) is 0 Å². The molecule has 96 valence electrons. The van der Waals surface area contributed by atoms with E-state index in [9.17, 15) is 0 Å². The van der Waals surface area contributed by atoms with Crippen molar-refractivity contribution in [3.05, 3.63) is 0 Å². The average Bonchev–Trinajstić information content (AvgIpc) is 2.92. The van der Waals surface area contributed by atoms with Crippen LogP contribution in [-0.4, -0.2) is 33.7 Å². The van der Waals surface area contributed by atoms with Gasteiger partial charge < -0.3 is 8.85 Å². The van der Waals surface area contributed by atoms with Crippen LogP contribution in [-0.2, 0) is 8.85 Å². The van der Waals surface area contributed by atoms with E-state index in [2.05, 4.69) is 0 Å². The fourth-order valence-corrected chi connectivity index (χ4v) is 8.33. The van der Waals surface area contributed by atoms with Gasteiger partial charge in [0.1, 0.15) is 0 Å². The van der Waals surface area contributed by atoms with E-state index in [0.717, 1.165) is 11.1 Å². The van der Waals surface area contributed by atoms with Crippen molar-refractivity contribution in [3.8, 4) is 0 Å². The van der Waals surface area contributed by atoms with E-state index >= 15 is 0 Å². The molecule has 0 aromatic heterocycles. The van der Waals surface area contributed by atoms with Crippen molar-refractivity contribution in [1.29, 1.82) is 0 Å². The Morgan fingerprint density at radius 2 is 1.06 bits per heavy atom. The van der Waals surface area contributed by atoms with E-state index in [1.165, 1.54) is 51.4 Å². The van der Waals surface area contributed by atoms with E-state index in [4.69, 9.17) is 8.85 Å². The fourth-order valence-electron chi connectivity index (χ4n) is 3.74. The van der Waals surface area contributed by atoms with E-state index in [-0.39, 0.29) is 11.0 Å². The standard InChI is InChI=1S/C12H24O2Si.H4Si/c1-13-15(14-2,11-7-3-4-8-11)12-9-5-6-10-12;/h11-12H,3-10H2,1-2H3;1H4. The molecule has 0 saturated heterocycles. The van der Waals surface area contributed by atoms with Crippen molar-refractivity contribution in [1.82, 2.24) is 0 Å². The minimum Gasteiger partial charge on any atom is -0.397 e. The number of hydrogen-bond donors (Lipinski definition) is 0. The van der Waals surface area contributed by atoms with Gasteiger partial charge in [0.25, 0.3) is 0 Å². The lowest BCUT2D eigenvalue weighted by Gasteiger charge is -2.37. The Morgan fingerprint density at radius 1 is 0.750 bits per heavy atom. The summed E-state index contributed by atoms with van der Waals surface area (Å²) in [5, 5.41) is 0. The fraction of sp³-hybridized carbons (Fsp3) is 1.00. The zero-order valence-corrected chi connectivity index (χ0v) is 11.1. The third-order valence-electron chi connectivity index (χ3n) is 4.49. The first kappa shape index (κ1) is 14.4. The Labute approximate surface area is 105 Å². The molecule has 4 heteroatoms. The quantitative estimate of drug-likeness (QED) is 0.721. The summed E-state index contributed by atoms with van der Waals surface area (Å²) in [4.78, 5) is 0. The highest BCUT2D eigenvalue weighted by Gasteiger charge is 2.52. The largest absolute Gasteiger partial charge is 0.397 e. The van der Waals surface area contributed by atoms with Gasteiger partial charge in [-0.25, -0.2) is 0 Å². The Balaban J connectivity index is 0.00000128. The molecule has 2 saturated carbocycles. The third kappa shape index (κ3) is 2.45. The minimum absolute atomic E-state index is 0. The summed E-state index contributed by atoms with van der Waals surface area (Å²) in [5.41, 5.74) is 1.55. The molecule has 0 amide bonds. The Bertz CT molecular complexity index is 177. The molecule has 0 bridgehead atoms. The van der Waals surface area contributed by atoms with E-state index in [1.807, 2.05) is 14.2 Å². The van der Waals surface area contributed by atoms with Crippen LogP contribution in [0.2, 0.25) is 11.1 Å². The molecule has 0 aromatic carbocycles. The molecule has 0 atom stereocenters. The lowest BCUT2D eigenvalue weighted by Crippen LogP contribution is -2.48. The molecule has 0 heterocycles. The summed E-state index contributed by atoms with van der Waals surface area (Å²) >= 11 is 0. The highest BCUT2D eigenvalue weighted by molar-refractivity contribution is 6.70. The normalized spacial score (nSPS) is 23.6. The molecule has 2 nitrogen and oxygen atoms in total. The van der Waals surface area contributed by atoms with Crippen LogP contribution in [0.5, 0.6) is 0 Å². The summed E-state index contributed by atoms with van der Waals surface area (Å²) < 4.78 is 11.9. The van der Waals surface area contributed by atoms with Gasteiger partial charge >= 0.3 is 8.56 Å². The molecule has 16 heavy (non-hydrogen) atoms. The summed E-state index contributed by atoms with van der Waals surface area (Å²) in [5.74, 6) is 0. The van der Waals surface area contributed by atoms with Crippen LogP contribution in [0.4, 0.5) is 0 Å². The van der Waals surface area contributed by atoms with Crippen LogP contribution in [0, 0.1) is 0 Å². The lowest BCUT2D eigenvalue weighted by atomic mass is 10.3. The van der Waals surface area contributed by atoms with E-state index in [1.54, 1.807) is 0 Å². The van der Waals surface area contributed by atoms with Crippen LogP contribution in [0.25, 0.3) is 0 Å². The average molecular weight is 261 g/mol. The second kappa shape index (κ2) is 6.33. The van der Waals surface area contributed by atoms with Crippen LogP contribution >= 0.6 is 0 Å². The first-order valence-corrected chi connectivity index (χ1v) is 8.41. The molecule has 2 aliphatic carbocycles. The molecular weight excluding hydrogens is 232 g/mol. The predicted molar refractivity (Wildman–Crippen MR) is 75.5 cm³/mol. The molecule has 0 spiro atoms. The molecule has 0 aliphatic heterocycles. The maximum atomic E-state index is 5.97. The minimum atomic E-state index is -1.88. The summed E-state index contributed by atoms with van der Waals surface area (Å²) in [7, 11) is 1.91. The van der Waals surface area contributed by atoms with Crippen LogP contribution in [0.1, 0.15) is 51.4 Å². The smallest absolute Gasteiger partial charge is 0.344 e. The maximum absolute atomic E-state index is 5.97. The van der Waals surface area contributed by atoms with Gasteiger partial charge in [0.2, 0.25) is 0 Å². The zero-order valence-electron chi connectivity index (χ0n) is 10.1. The predicted octanol–water partition coefficient (Wildman–Crippen LogP) is 2.16. The lowest BCUT2D eigenvalue weighted by molar-refractivity contribution is 0.214. The second-order valence-electron chi connectivity index (χ2n) is 5.09. The molecule has 0 unspecified atom stereocenters. The topological polar surface area (TPSA) is 18.5 Å². The number of hydrogen-bond acceptors (Lipinski definition) is 2. The van der Waals surface area contributed by atoms with Crippen LogP contribution < -0.4 is 0 Å². The first-order valence-electron chi connectivity index (χ1n) is 6.44. The molecule has 0 N–H and O–H groups in total.